The summed E-state index contributed by atoms with van der Waals surface area (Å²) in [6, 6.07) is 11.6. The van der Waals surface area contributed by atoms with Crippen LogP contribution in [0.25, 0.3) is 0 Å². The van der Waals surface area contributed by atoms with Crippen LogP contribution in [0.4, 0.5) is 11.4 Å². The number of halogens is 1. The van der Waals surface area contributed by atoms with Crippen molar-refractivity contribution in [1.29, 1.82) is 0 Å². The molecule has 0 bridgehead atoms. The molecule has 0 aromatic heterocycles. The maximum absolute atomic E-state index is 12.0. The van der Waals surface area contributed by atoms with Crippen molar-refractivity contribution in [3.05, 3.63) is 48.0 Å². The van der Waals surface area contributed by atoms with Crippen molar-refractivity contribution >= 4 is 39.5 Å². The number of carbonyl (C=O) groups excluding carboxylic acids is 1. The zero-order valence-electron chi connectivity index (χ0n) is 14.7. The molecule has 0 saturated heterocycles. The number of carbonyl (C=O) groups is 1. The average Bonchev–Trinajstić information content (AvgIpc) is 2.55. The van der Waals surface area contributed by atoms with E-state index in [0.29, 0.717) is 36.6 Å². The van der Waals surface area contributed by atoms with E-state index in [0.717, 1.165) is 11.8 Å². The molecule has 0 aliphatic heterocycles. The first kappa shape index (κ1) is 21.8. The molecule has 0 aliphatic carbocycles. The zero-order valence-corrected chi connectivity index (χ0v) is 16.3. The summed E-state index contributed by atoms with van der Waals surface area (Å²) in [6.45, 7) is 2.26. The molecule has 142 valence electrons. The van der Waals surface area contributed by atoms with E-state index in [-0.39, 0.29) is 23.2 Å². The van der Waals surface area contributed by atoms with Gasteiger partial charge in [-0.1, -0.05) is 6.07 Å². The predicted octanol–water partition coefficient (Wildman–Crippen LogP) is 3.20. The third-order valence-corrected chi connectivity index (χ3v) is 4.73. The first-order valence-electron chi connectivity index (χ1n) is 7.84. The lowest BCUT2D eigenvalue weighted by molar-refractivity contribution is -0.116. The predicted molar refractivity (Wildman–Crippen MR) is 106 cm³/mol. The molecule has 2 aromatic carbocycles. The summed E-state index contributed by atoms with van der Waals surface area (Å²) in [7, 11) is -3.21. The zero-order chi connectivity index (χ0) is 18.4. The third kappa shape index (κ3) is 6.57. The average molecular weight is 399 g/mol. The van der Waals surface area contributed by atoms with Crippen LogP contribution in [0.15, 0.2) is 47.4 Å². The maximum atomic E-state index is 12.0. The SMILES string of the molecule is Cc1ccc(N)cc1NC(=O)CCCOc1ccc(S(C)(=O)=O)cc1.Cl. The minimum atomic E-state index is -3.21. The summed E-state index contributed by atoms with van der Waals surface area (Å²) >= 11 is 0. The van der Waals surface area contributed by atoms with Crippen molar-refractivity contribution < 1.29 is 17.9 Å². The first-order valence-corrected chi connectivity index (χ1v) is 9.74. The topological polar surface area (TPSA) is 98.5 Å². The second-order valence-corrected chi connectivity index (χ2v) is 7.83. The smallest absolute Gasteiger partial charge is 0.224 e. The van der Waals surface area contributed by atoms with Crippen molar-refractivity contribution in [2.45, 2.75) is 24.7 Å². The number of nitrogen functional groups attached to an aromatic ring is 1. The van der Waals surface area contributed by atoms with E-state index in [9.17, 15) is 13.2 Å². The van der Waals surface area contributed by atoms with E-state index in [2.05, 4.69) is 5.32 Å². The van der Waals surface area contributed by atoms with Crippen LogP contribution in [0, 0.1) is 6.92 Å². The van der Waals surface area contributed by atoms with Gasteiger partial charge >= 0.3 is 0 Å². The normalized spacial score (nSPS) is 10.7. The Morgan fingerprint density at radius 2 is 1.81 bits per heavy atom. The highest BCUT2D eigenvalue weighted by Crippen LogP contribution is 2.19. The van der Waals surface area contributed by atoms with Crippen LogP contribution in [-0.2, 0) is 14.6 Å². The summed E-state index contributed by atoms with van der Waals surface area (Å²) in [5.74, 6) is 0.462. The van der Waals surface area contributed by atoms with Gasteiger partial charge < -0.3 is 15.8 Å². The van der Waals surface area contributed by atoms with Crippen molar-refractivity contribution in [3.8, 4) is 5.75 Å². The van der Waals surface area contributed by atoms with Gasteiger partial charge in [0.15, 0.2) is 9.84 Å². The van der Waals surface area contributed by atoms with Crippen molar-refractivity contribution in [2.24, 2.45) is 0 Å². The number of hydrogen-bond acceptors (Lipinski definition) is 5. The number of aryl methyl sites for hydroxylation is 1. The standard InChI is InChI=1S/C18H22N2O4S.ClH/c1-13-5-6-14(19)12-17(13)20-18(21)4-3-11-24-15-7-9-16(10-8-15)25(2,22)23;/h5-10,12H,3-4,11,19H2,1-2H3,(H,20,21);1H. The van der Waals surface area contributed by atoms with E-state index < -0.39 is 9.84 Å². The van der Waals surface area contributed by atoms with E-state index in [1.54, 1.807) is 24.3 Å². The van der Waals surface area contributed by atoms with E-state index in [1.165, 1.54) is 12.1 Å². The maximum Gasteiger partial charge on any atom is 0.224 e. The number of anilines is 2. The lowest BCUT2D eigenvalue weighted by Crippen LogP contribution is -2.13. The second kappa shape index (κ2) is 9.45. The highest BCUT2D eigenvalue weighted by atomic mass is 35.5. The Balaban J connectivity index is 0.00000338. The van der Waals surface area contributed by atoms with Crippen LogP contribution in [0.2, 0.25) is 0 Å². The van der Waals surface area contributed by atoms with Crippen LogP contribution >= 0.6 is 12.4 Å². The molecule has 0 saturated carbocycles. The Labute approximate surface area is 160 Å². The molecular weight excluding hydrogens is 376 g/mol. The molecule has 0 heterocycles. The lowest BCUT2D eigenvalue weighted by Gasteiger charge is -2.10. The van der Waals surface area contributed by atoms with Crippen LogP contribution in [0.1, 0.15) is 18.4 Å². The Kier molecular flexibility index (Phi) is 7.92. The Morgan fingerprint density at radius 3 is 2.42 bits per heavy atom. The Hall–Kier alpha value is -2.25. The molecule has 6 nitrogen and oxygen atoms in total. The number of hydrogen-bond donors (Lipinski definition) is 2. The Morgan fingerprint density at radius 1 is 1.15 bits per heavy atom. The van der Waals surface area contributed by atoms with Crippen LogP contribution in [0.5, 0.6) is 5.75 Å². The minimum Gasteiger partial charge on any atom is -0.494 e. The molecule has 8 heteroatoms. The summed E-state index contributed by atoms with van der Waals surface area (Å²) in [4.78, 5) is 12.2. The molecule has 0 radical (unpaired) electrons. The van der Waals surface area contributed by atoms with Crippen molar-refractivity contribution in [2.75, 3.05) is 23.9 Å². The van der Waals surface area contributed by atoms with Crippen molar-refractivity contribution in [3.63, 3.8) is 0 Å². The number of rotatable bonds is 7. The second-order valence-electron chi connectivity index (χ2n) is 5.82. The lowest BCUT2D eigenvalue weighted by atomic mass is 10.1. The van der Waals surface area contributed by atoms with Gasteiger partial charge in [0.25, 0.3) is 0 Å². The number of nitrogens with one attached hydrogen (secondary N) is 1. The molecule has 0 atom stereocenters. The van der Waals surface area contributed by atoms with Crippen LogP contribution in [-0.4, -0.2) is 27.2 Å². The van der Waals surface area contributed by atoms with Gasteiger partial charge in [-0.05, 0) is 55.3 Å². The fraction of sp³-hybridized carbons (Fsp3) is 0.278. The van der Waals surface area contributed by atoms with Gasteiger partial charge in [0, 0.05) is 24.1 Å². The summed E-state index contributed by atoms with van der Waals surface area (Å²) in [5, 5.41) is 2.83. The Bertz CT molecular complexity index is 852. The molecule has 0 unspecified atom stereocenters. The van der Waals surface area contributed by atoms with Gasteiger partial charge in [-0.15, -0.1) is 12.4 Å². The largest absolute Gasteiger partial charge is 0.494 e. The van der Waals surface area contributed by atoms with Gasteiger partial charge in [-0.2, -0.15) is 0 Å². The quantitative estimate of drug-likeness (QED) is 0.551. The highest BCUT2D eigenvalue weighted by molar-refractivity contribution is 7.90. The van der Waals surface area contributed by atoms with E-state index >= 15 is 0 Å². The highest BCUT2D eigenvalue weighted by Gasteiger charge is 2.07. The van der Waals surface area contributed by atoms with Gasteiger partial charge in [-0.3, -0.25) is 4.79 Å². The minimum absolute atomic E-state index is 0. The molecule has 1 amide bonds. The van der Waals surface area contributed by atoms with Crippen molar-refractivity contribution in [1.82, 2.24) is 0 Å². The molecule has 2 rings (SSSR count). The number of amides is 1. The first-order chi connectivity index (χ1) is 11.8. The molecule has 2 aromatic rings. The fourth-order valence-corrected chi connectivity index (χ4v) is 2.82. The van der Waals surface area contributed by atoms with Gasteiger partial charge in [0.1, 0.15) is 5.75 Å². The monoisotopic (exact) mass is 398 g/mol. The fourth-order valence-electron chi connectivity index (χ4n) is 2.19. The summed E-state index contributed by atoms with van der Waals surface area (Å²) < 4.78 is 28.3. The molecule has 3 N–H and O–H groups in total. The molecule has 26 heavy (non-hydrogen) atoms. The summed E-state index contributed by atoms with van der Waals surface area (Å²) in [6.07, 6.45) is 2.01. The number of sulfone groups is 1. The molecule has 0 fully saturated rings. The third-order valence-electron chi connectivity index (χ3n) is 3.60. The van der Waals surface area contributed by atoms with Gasteiger partial charge in [-0.25, -0.2) is 8.42 Å². The number of nitrogens with two attached hydrogens (primary N) is 1. The number of ether oxygens (including phenoxy) is 1. The molecule has 0 spiro atoms. The van der Waals surface area contributed by atoms with Gasteiger partial charge in [0.05, 0.1) is 11.5 Å². The van der Waals surface area contributed by atoms with Crippen LogP contribution in [0.3, 0.4) is 0 Å². The summed E-state index contributed by atoms with van der Waals surface area (Å²) in [5.41, 5.74) is 7.98. The van der Waals surface area contributed by atoms with Gasteiger partial charge in [0.2, 0.25) is 5.91 Å². The van der Waals surface area contributed by atoms with E-state index in [1.807, 2.05) is 13.0 Å². The number of benzene rings is 2. The molecule has 0 aliphatic rings. The van der Waals surface area contributed by atoms with E-state index in [4.69, 9.17) is 10.5 Å². The van der Waals surface area contributed by atoms with Crippen LogP contribution < -0.4 is 15.8 Å². The molecular formula is C18H23ClN2O4S.